The van der Waals surface area contributed by atoms with Gasteiger partial charge in [-0.25, -0.2) is 0 Å². The van der Waals surface area contributed by atoms with Crippen LogP contribution in [0.15, 0.2) is 36.5 Å². The SMILES string of the molecule is Cc1cc(C(=O)Nc2ccc3c(c2)CNC3)c2cn[nH]c2c1. The Balaban J connectivity index is 1.68. The summed E-state index contributed by atoms with van der Waals surface area (Å²) in [5, 5.41) is 14.1. The van der Waals surface area contributed by atoms with Gasteiger partial charge in [0.1, 0.15) is 0 Å². The number of hydrogen-bond donors (Lipinski definition) is 3. The summed E-state index contributed by atoms with van der Waals surface area (Å²) in [6.45, 7) is 3.73. The van der Waals surface area contributed by atoms with Crippen LogP contribution in [0, 0.1) is 6.92 Å². The molecule has 0 saturated heterocycles. The van der Waals surface area contributed by atoms with Gasteiger partial charge in [0.2, 0.25) is 0 Å². The summed E-state index contributed by atoms with van der Waals surface area (Å²) < 4.78 is 0. The molecule has 0 fully saturated rings. The maximum atomic E-state index is 12.6. The average Bonchev–Trinajstić information content (AvgIpc) is 3.13. The zero-order valence-electron chi connectivity index (χ0n) is 12.2. The van der Waals surface area contributed by atoms with E-state index in [4.69, 9.17) is 0 Å². The van der Waals surface area contributed by atoms with Gasteiger partial charge in [0, 0.05) is 24.2 Å². The minimum atomic E-state index is -0.110. The quantitative estimate of drug-likeness (QED) is 0.680. The number of carbonyl (C=O) groups is 1. The van der Waals surface area contributed by atoms with E-state index in [0.717, 1.165) is 35.2 Å². The summed E-state index contributed by atoms with van der Waals surface area (Å²) in [4.78, 5) is 12.6. The van der Waals surface area contributed by atoms with Crippen molar-refractivity contribution < 1.29 is 4.79 Å². The fraction of sp³-hybridized carbons (Fsp3) is 0.176. The first-order chi connectivity index (χ1) is 10.7. The van der Waals surface area contributed by atoms with Gasteiger partial charge in [0.05, 0.1) is 17.3 Å². The Morgan fingerprint density at radius 3 is 2.95 bits per heavy atom. The lowest BCUT2D eigenvalue weighted by molar-refractivity contribution is 0.102. The standard InChI is InChI=1S/C17H16N4O/c1-10-4-14(15-9-19-21-16(15)5-10)17(22)20-13-3-2-11-7-18-8-12(11)6-13/h2-6,9,18H,7-8H2,1H3,(H,19,21)(H,20,22). The number of aryl methyl sites for hydroxylation is 1. The van der Waals surface area contributed by atoms with E-state index in [0.29, 0.717) is 5.56 Å². The van der Waals surface area contributed by atoms with Crippen LogP contribution in [0.3, 0.4) is 0 Å². The van der Waals surface area contributed by atoms with Crippen LogP contribution in [-0.2, 0) is 13.1 Å². The van der Waals surface area contributed by atoms with E-state index in [9.17, 15) is 4.79 Å². The number of fused-ring (bicyclic) bond motifs is 2. The van der Waals surface area contributed by atoms with Gasteiger partial charge >= 0.3 is 0 Å². The maximum Gasteiger partial charge on any atom is 0.256 e. The summed E-state index contributed by atoms with van der Waals surface area (Å²) in [6, 6.07) is 9.93. The van der Waals surface area contributed by atoms with Crippen molar-refractivity contribution in [3.8, 4) is 0 Å². The molecule has 1 amide bonds. The highest BCUT2D eigenvalue weighted by atomic mass is 16.1. The molecule has 3 N–H and O–H groups in total. The second-order valence-corrected chi connectivity index (χ2v) is 5.68. The van der Waals surface area contributed by atoms with Crippen LogP contribution in [-0.4, -0.2) is 16.1 Å². The van der Waals surface area contributed by atoms with Crippen molar-refractivity contribution in [1.29, 1.82) is 0 Å². The van der Waals surface area contributed by atoms with E-state index in [-0.39, 0.29) is 5.91 Å². The van der Waals surface area contributed by atoms with Crippen LogP contribution in [0.1, 0.15) is 27.0 Å². The van der Waals surface area contributed by atoms with Gasteiger partial charge in [-0.2, -0.15) is 5.10 Å². The second-order valence-electron chi connectivity index (χ2n) is 5.68. The lowest BCUT2D eigenvalue weighted by atomic mass is 10.1. The fourth-order valence-electron chi connectivity index (χ4n) is 2.95. The highest BCUT2D eigenvalue weighted by molar-refractivity contribution is 6.12. The molecule has 5 heteroatoms. The Bertz CT molecular complexity index is 881. The van der Waals surface area contributed by atoms with Crippen molar-refractivity contribution in [2.45, 2.75) is 20.0 Å². The molecule has 110 valence electrons. The van der Waals surface area contributed by atoms with Crippen LogP contribution >= 0.6 is 0 Å². The van der Waals surface area contributed by atoms with Gasteiger partial charge in [0.25, 0.3) is 5.91 Å². The zero-order valence-corrected chi connectivity index (χ0v) is 12.2. The van der Waals surface area contributed by atoms with Gasteiger partial charge in [-0.15, -0.1) is 0 Å². The highest BCUT2D eigenvalue weighted by Gasteiger charge is 2.15. The molecule has 0 unspecified atom stereocenters. The average molecular weight is 292 g/mol. The molecular formula is C17H16N4O. The predicted octanol–water partition coefficient (Wildman–Crippen LogP) is 2.73. The molecule has 0 spiro atoms. The number of rotatable bonds is 2. The van der Waals surface area contributed by atoms with Crippen LogP contribution < -0.4 is 10.6 Å². The van der Waals surface area contributed by atoms with Crippen molar-refractivity contribution in [3.05, 3.63) is 58.8 Å². The number of nitrogens with zero attached hydrogens (tertiary/aromatic N) is 1. The number of amides is 1. The first kappa shape index (κ1) is 13.0. The molecule has 4 rings (SSSR count). The van der Waals surface area contributed by atoms with Crippen molar-refractivity contribution in [3.63, 3.8) is 0 Å². The summed E-state index contributed by atoms with van der Waals surface area (Å²) in [7, 11) is 0. The number of H-pyrrole nitrogens is 1. The van der Waals surface area contributed by atoms with Crippen molar-refractivity contribution in [2.24, 2.45) is 0 Å². The summed E-state index contributed by atoms with van der Waals surface area (Å²) >= 11 is 0. The Labute approximate surface area is 127 Å². The zero-order chi connectivity index (χ0) is 15.1. The molecule has 22 heavy (non-hydrogen) atoms. The maximum absolute atomic E-state index is 12.6. The van der Waals surface area contributed by atoms with Gasteiger partial charge in [-0.1, -0.05) is 6.07 Å². The molecule has 2 heterocycles. The number of anilines is 1. The van der Waals surface area contributed by atoms with Crippen LogP contribution in [0.5, 0.6) is 0 Å². The third kappa shape index (κ3) is 2.16. The molecule has 1 aliphatic heterocycles. The minimum absolute atomic E-state index is 0.110. The molecule has 0 saturated carbocycles. The third-order valence-corrected chi connectivity index (χ3v) is 4.04. The summed E-state index contributed by atoms with van der Waals surface area (Å²) in [5.74, 6) is -0.110. The Hall–Kier alpha value is -2.66. The first-order valence-corrected chi connectivity index (χ1v) is 7.28. The monoisotopic (exact) mass is 292 g/mol. The lowest BCUT2D eigenvalue weighted by Gasteiger charge is -2.08. The van der Waals surface area contributed by atoms with E-state index in [2.05, 4.69) is 26.9 Å². The molecule has 0 bridgehead atoms. The number of aromatic amines is 1. The Kier molecular flexibility index (Phi) is 2.94. The Morgan fingerprint density at radius 1 is 1.18 bits per heavy atom. The van der Waals surface area contributed by atoms with Gasteiger partial charge in [0.15, 0.2) is 0 Å². The van der Waals surface area contributed by atoms with E-state index in [1.54, 1.807) is 6.20 Å². The number of nitrogens with one attached hydrogen (secondary N) is 3. The molecule has 0 atom stereocenters. The minimum Gasteiger partial charge on any atom is -0.322 e. The van der Waals surface area contributed by atoms with Gasteiger partial charge < -0.3 is 10.6 Å². The Morgan fingerprint density at radius 2 is 2.05 bits per heavy atom. The van der Waals surface area contributed by atoms with Gasteiger partial charge in [-0.05, 0) is 47.9 Å². The van der Waals surface area contributed by atoms with Gasteiger partial charge in [-0.3, -0.25) is 9.89 Å². The predicted molar refractivity (Wildman–Crippen MR) is 85.8 cm³/mol. The molecule has 2 aromatic carbocycles. The number of carbonyl (C=O) groups excluding carboxylic acids is 1. The molecule has 1 aliphatic rings. The number of hydrogen-bond acceptors (Lipinski definition) is 3. The molecule has 5 nitrogen and oxygen atoms in total. The van der Waals surface area contributed by atoms with E-state index < -0.39 is 0 Å². The van der Waals surface area contributed by atoms with E-state index >= 15 is 0 Å². The molecule has 1 aromatic heterocycles. The second kappa shape index (κ2) is 4.96. The number of benzene rings is 2. The van der Waals surface area contributed by atoms with Crippen LogP contribution in [0.2, 0.25) is 0 Å². The topological polar surface area (TPSA) is 69.8 Å². The molecule has 3 aromatic rings. The lowest BCUT2D eigenvalue weighted by Crippen LogP contribution is -2.12. The van der Waals surface area contributed by atoms with Crippen molar-refractivity contribution >= 4 is 22.5 Å². The molecule has 0 aliphatic carbocycles. The highest BCUT2D eigenvalue weighted by Crippen LogP contribution is 2.23. The summed E-state index contributed by atoms with van der Waals surface area (Å²) in [6.07, 6.45) is 1.69. The van der Waals surface area contributed by atoms with E-state index in [1.807, 2.05) is 31.2 Å². The normalized spacial score (nSPS) is 13.3. The van der Waals surface area contributed by atoms with E-state index in [1.165, 1.54) is 11.1 Å². The van der Waals surface area contributed by atoms with Crippen LogP contribution in [0.4, 0.5) is 5.69 Å². The van der Waals surface area contributed by atoms with Crippen molar-refractivity contribution in [1.82, 2.24) is 15.5 Å². The summed E-state index contributed by atoms with van der Waals surface area (Å²) in [5.41, 5.74) is 5.91. The largest absolute Gasteiger partial charge is 0.322 e. The van der Waals surface area contributed by atoms with Crippen molar-refractivity contribution in [2.75, 3.05) is 5.32 Å². The number of aromatic nitrogens is 2. The third-order valence-electron chi connectivity index (χ3n) is 4.04. The molecule has 0 radical (unpaired) electrons. The fourth-order valence-corrected chi connectivity index (χ4v) is 2.95. The first-order valence-electron chi connectivity index (χ1n) is 7.28. The smallest absolute Gasteiger partial charge is 0.256 e. The molecular weight excluding hydrogens is 276 g/mol. The van der Waals surface area contributed by atoms with Crippen LogP contribution in [0.25, 0.3) is 10.9 Å².